The molecule has 5 fully saturated rings. The molecule has 0 bridgehead atoms. The smallest absolute Gasteiger partial charge is 0.0771 e. The van der Waals surface area contributed by atoms with E-state index in [9.17, 15) is 10.2 Å². The fourth-order valence-electron chi connectivity index (χ4n) is 11.0. The second-order valence-electron chi connectivity index (χ2n) is 14.8. The van der Waals surface area contributed by atoms with Crippen LogP contribution in [-0.2, 0) is 0 Å². The molecule has 5 aliphatic carbocycles. The molecule has 5 aliphatic rings. The summed E-state index contributed by atoms with van der Waals surface area (Å²) in [6, 6.07) is 0. The van der Waals surface area contributed by atoms with E-state index in [1.807, 2.05) is 19.9 Å². The summed E-state index contributed by atoms with van der Waals surface area (Å²) >= 11 is 0. The second kappa shape index (κ2) is 6.87. The van der Waals surface area contributed by atoms with Crippen LogP contribution in [-0.4, -0.2) is 21.9 Å². The normalized spacial score (nSPS) is 52.7. The van der Waals surface area contributed by atoms with Crippen LogP contribution in [0.5, 0.6) is 0 Å². The predicted molar refractivity (Wildman–Crippen MR) is 132 cm³/mol. The van der Waals surface area contributed by atoms with Crippen LogP contribution in [0.15, 0.2) is 12.2 Å². The summed E-state index contributed by atoms with van der Waals surface area (Å²) in [5.41, 5.74) is 1.44. The van der Waals surface area contributed by atoms with Crippen molar-refractivity contribution in [2.45, 2.75) is 124 Å². The van der Waals surface area contributed by atoms with Gasteiger partial charge in [0.05, 0.1) is 11.7 Å². The fraction of sp³-hybridized carbons (Fsp3) is 0.933. The minimum absolute atomic E-state index is 0.0912. The monoisotopic (exact) mass is 442 g/mol. The van der Waals surface area contributed by atoms with Crippen molar-refractivity contribution in [3.63, 3.8) is 0 Å². The van der Waals surface area contributed by atoms with Gasteiger partial charge in [-0.2, -0.15) is 0 Å². The minimum atomic E-state index is -0.703. The molecule has 0 aromatic heterocycles. The molecule has 0 aromatic carbocycles. The van der Waals surface area contributed by atoms with Gasteiger partial charge in [0.25, 0.3) is 0 Å². The number of fused-ring (bicyclic) bond motifs is 2. The molecule has 9 atom stereocenters. The lowest BCUT2D eigenvalue weighted by Gasteiger charge is -2.63. The van der Waals surface area contributed by atoms with Crippen molar-refractivity contribution in [1.82, 2.24) is 0 Å². The maximum absolute atomic E-state index is 10.8. The zero-order valence-electron chi connectivity index (χ0n) is 22.0. The van der Waals surface area contributed by atoms with E-state index in [2.05, 4.69) is 40.7 Å². The van der Waals surface area contributed by atoms with Gasteiger partial charge < -0.3 is 10.2 Å². The molecule has 2 N–H and O–H groups in total. The molecular formula is C30H50O2. The number of rotatable bonds is 4. The van der Waals surface area contributed by atoms with Gasteiger partial charge >= 0.3 is 0 Å². The Hall–Kier alpha value is -0.340. The summed E-state index contributed by atoms with van der Waals surface area (Å²) < 4.78 is 0. The summed E-state index contributed by atoms with van der Waals surface area (Å²) in [6.45, 7) is 16.3. The summed E-state index contributed by atoms with van der Waals surface area (Å²) in [5, 5.41) is 20.9. The first-order valence-corrected chi connectivity index (χ1v) is 13.8. The Balaban J connectivity index is 1.40. The summed E-state index contributed by atoms with van der Waals surface area (Å²) in [5.74, 6) is 3.10. The third-order valence-corrected chi connectivity index (χ3v) is 12.9. The van der Waals surface area contributed by atoms with Crippen molar-refractivity contribution in [2.24, 2.45) is 50.7 Å². The zero-order valence-corrected chi connectivity index (χ0v) is 22.0. The molecule has 0 aromatic rings. The van der Waals surface area contributed by atoms with Gasteiger partial charge in [0.1, 0.15) is 0 Å². The SMILES string of the molecule is C[C@@H](C/C=C/C(C)(C)O)[C@H]1CC[C@@]2(C)[C@H]3CC[C@@H]4C(C)(C)[C@@H](O)CC[C@@]45C[C@@]35CC[C@]12C. The largest absolute Gasteiger partial charge is 0.393 e. The molecule has 5 rings (SSSR count). The summed E-state index contributed by atoms with van der Waals surface area (Å²) in [6.07, 6.45) is 17.4. The van der Waals surface area contributed by atoms with Crippen molar-refractivity contribution >= 4 is 0 Å². The van der Waals surface area contributed by atoms with Gasteiger partial charge in [-0.1, -0.05) is 46.8 Å². The average molecular weight is 443 g/mol. The van der Waals surface area contributed by atoms with Crippen LogP contribution in [0.25, 0.3) is 0 Å². The van der Waals surface area contributed by atoms with E-state index >= 15 is 0 Å². The van der Waals surface area contributed by atoms with Gasteiger partial charge in [-0.15, -0.1) is 0 Å². The molecule has 5 saturated carbocycles. The zero-order chi connectivity index (χ0) is 23.4. The van der Waals surface area contributed by atoms with Crippen LogP contribution >= 0.6 is 0 Å². The van der Waals surface area contributed by atoms with Crippen LogP contribution in [0.3, 0.4) is 0 Å². The van der Waals surface area contributed by atoms with E-state index in [1.54, 1.807) is 0 Å². The highest BCUT2D eigenvalue weighted by Crippen LogP contribution is 2.89. The number of hydrogen-bond acceptors (Lipinski definition) is 2. The molecule has 0 heterocycles. The lowest BCUT2D eigenvalue weighted by molar-refractivity contribution is -0.161. The van der Waals surface area contributed by atoms with Gasteiger partial charge in [-0.05, 0) is 129 Å². The Kier molecular flexibility index (Phi) is 5.02. The topological polar surface area (TPSA) is 40.5 Å². The van der Waals surface area contributed by atoms with E-state index in [0.717, 1.165) is 30.6 Å². The average Bonchev–Trinajstić information content (AvgIpc) is 3.27. The molecule has 2 heteroatoms. The second-order valence-corrected chi connectivity index (χ2v) is 14.8. The third-order valence-electron chi connectivity index (χ3n) is 12.9. The Labute approximate surface area is 197 Å². The first-order valence-electron chi connectivity index (χ1n) is 13.8. The Morgan fingerprint density at radius 2 is 1.53 bits per heavy atom. The van der Waals surface area contributed by atoms with Crippen molar-refractivity contribution < 1.29 is 10.2 Å². The third kappa shape index (κ3) is 2.84. The molecular weight excluding hydrogens is 392 g/mol. The van der Waals surface area contributed by atoms with Crippen LogP contribution in [0.4, 0.5) is 0 Å². The quantitative estimate of drug-likeness (QED) is 0.454. The molecule has 0 radical (unpaired) electrons. The van der Waals surface area contributed by atoms with Crippen molar-refractivity contribution in [3.8, 4) is 0 Å². The highest BCUT2D eigenvalue weighted by molar-refractivity contribution is 5.30. The van der Waals surface area contributed by atoms with Crippen LogP contribution in [0.1, 0.15) is 113 Å². The standard InChI is InChI=1S/C30H50O2/c1-20(9-8-14-25(2,3)32)21-12-15-28(7)23-11-10-22-26(4,5)24(31)13-16-29(22)19-30(23,29)18-17-27(21,28)6/h8,14,20-24,31-32H,9-13,15-19H2,1-7H3/b14-8+/t20-,21+,22+,23+,24-,27+,28-,29+,30-/m0/s1. The van der Waals surface area contributed by atoms with E-state index < -0.39 is 5.60 Å². The first kappa shape index (κ1) is 23.4. The molecule has 182 valence electrons. The highest BCUT2D eigenvalue weighted by atomic mass is 16.3. The number of allylic oxidation sites excluding steroid dienone is 1. The Morgan fingerprint density at radius 1 is 0.875 bits per heavy atom. The Bertz CT molecular complexity index is 791. The highest BCUT2D eigenvalue weighted by Gasteiger charge is 2.82. The molecule has 32 heavy (non-hydrogen) atoms. The maximum atomic E-state index is 10.8. The van der Waals surface area contributed by atoms with Gasteiger partial charge in [0.15, 0.2) is 0 Å². The predicted octanol–water partition coefficient (Wildman–Crippen LogP) is 7.14. The minimum Gasteiger partial charge on any atom is -0.393 e. The van der Waals surface area contributed by atoms with Gasteiger partial charge in [-0.3, -0.25) is 0 Å². The molecule has 2 nitrogen and oxygen atoms in total. The summed E-state index contributed by atoms with van der Waals surface area (Å²) in [4.78, 5) is 0. The number of aliphatic hydroxyl groups is 2. The molecule has 0 saturated heterocycles. The molecule has 0 aliphatic heterocycles. The molecule has 0 amide bonds. The van der Waals surface area contributed by atoms with Crippen molar-refractivity contribution in [1.29, 1.82) is 0 Å². The van der Waals surface area contributed by atoms with Gasteiger partial charge in [-0.25, -0.2) is 0 Å². The van der Waals surface area contributed by atoms with Crippen molar-refractivity contribution in [3.05, 3.63) is 12.2 Å². The van der Waals surface area contributed by atoms with E-state index in [0.29, 0.717) is 27.6 Å². The van der Waals surface area contributed by atoms with Crippen LogP contribution in [0.2, 0.25) is 0 Å². The lowest BCUT2D eigenvalue weighted by Crippen LogP contribution is -2.57. The first-order chi connectivity index (χ1) is 14.7. The maximum Gasteiger partial charge on any atom is 0.0771 e. The summed E-state index contributed by atoms with van der Waals surface area (Å²) in [7, 11) is 0. The van der Waals surface area contributed by atoms with E-state index in [4.69, 9.17) is 0 Å². The van der Waals surface area contributed by atoms with Crippen molar-refractivity contribution in [2.75, 3.05) is 0 Å². The molecule has 0 unspecified atom stereocenters. The lowest BCUT2D eigenvalue weighted by atomic mass is 9.42. The van der Waals surface area contributed by atoms with E-state index in [1.165, 1.54) is 51.4 Å². The van der Waals surface area contributed by atoms with Gasteiger partial charge in [0, 0.05) is 0 Å². The van der Waals surface area contributed by atoms with Crippen LogP contribution < -0.4 is 0 Å². The van der Waals surface area contributed by atoms with Gasteiger partial charge in [0.2, 0.25) is 0 Å². The number of aliphatic hydroxyl groups excluding tert-OH is 1. The fourth-order valence-corrected chi connectivity index (χ4v) is 11.0. The Morgan fingerprint density at radius 3 is 2.22 bits per heavy atom. The van der Waals surface area contributed by atoms with E-state index in [-0.39, 0.29) is 11.5 Å². The van der Waals surface area contributed by atoms with Crippen LogP contribution in [0, 0.1) is 50.7 Å². The molecule has 2 spiro atoms. The number of hydrogen-bond donors (Lipinski definition) is 2.